The SMILES string of the molecule is Fc1ccc(C2C3CC[C@H](C[C@H]2c2ccc(F)cc2)N3CCCc2ccccc2)cc1. The van der Waals surface area contributed by atoms with Gasteiger partial charge in [0, 0.05) is 18.0 Å². The van der Waals surface area contributed by atoms with Crippen LogP contribution in [0.1, 0.15) is 54.2 Å². The van der Waals surface area contributed by atoms with E-state index in [0.717, 1.165) is 25.8 Å². The summed E-state index contributed by atoms with van der Waals surface area (Å²) in [7, 11) is 0. The molecule has 2 heterocycles. The Kier molecular flexibility index (Phi) is 5.87. The summed E-state index contributed by atoms with van der Waals surface area (Å²) < 4.78 is 27.2. The summed E-state index contributed by atoms with van der Waals surface area (Å²) in [6.45, 7) is 1.10. The monoisotopic (exact) mass is 417 g/mol. The van der Waals surface area contributed by atoms with Gasteiger partial charge >= 0.3 is 0 Å². The topological polar surface area (TPSA) is 3.24 Å². The molecule has 1 nitrogen and oxygen atoms in total. The summed E-state index contributed by atoms with van der Waals surface area (Å²) in [5, 5.41) is 0. The summed E-state index contributed by atoms with van der Waals surface area (Å²) in [5.41, 5.74) is 3.80. The third kappa shape index (κ3) is 4.29. The van der Waals surface area contributed by atoms with Gasteiger partial charge in [0.05, 0.1) is 0 Å². The normalized spacial score (nSPS) is 25.6. The molecule has 3 aromatic carbocycles. The molecule has 2 aliphatic rings. The Labute approximate surface area is 183 Å². The van der Waals surface area contributed by atoms with Crippen molar-refractivity contribution in [2.75, 3.05) is 6.54 Å². The lowest BCUT2D eigenvalue weighted by atomic mass is 9.72. The van der Waals surface area contributed by atoms with Crippen LogP contribution in [0.3, 0.4) is 0 Å². The van der Waals surface area contributed by atoms with Crippen LogP contribution in [0.2, 0.25) is 0 Å². The largest absolute Gasteiger partial charge is 0.297 e. The Morgan fingerprint density at radius 1 is 0.742 bits per heavy atom. The summed E-state index contributed by atoms with van der Waals surface area (Å²) in [6.07, 6.45) is 5.71. The lowest BCUT2D eigenvalue weighted by Gasteiger charge is -2.45. The maximum atomic E-state index is 13.7. The first kappa shape index (κ1) is 20.4. The first-order valence-electron chi connectivity index (χ1n) is 11.5. The predicted octanol–water partition coefficient (Wildman–Crippen LogP) is 6.70. The molecule has 0 amide bonds. The van der Waals surface area contributed by atoms with Crippen LogP contribution in [0.25, 0.3) is 0 Å². The van der Waals surface area contributed by atoms with Crippen LogP contribution < -0.4 is 0 Å². The molecule has 31 heavy (non-hydrogen) atoms. The molecule has 5 rings (SSSR count). The highest BCUT2D eigenvalue weighted by Gasteiger charge is 2.47. The Hall–Kier alpha value is -2.52. The van der Waals surface area contributed by atoms with Gasteiger partial charge in [-0.1, -0.05) is 54.6 Å². The zero-order valence-electron chi connectivity index (χ0n) is 17.8. The van der Waals surface area contributed by atoms with Gasteiger partial charge in [-0.25, -0.2) is 8.78 Å². The Balaban J connectivity index is 1.40. The van der Waals surface area contributed by atoms with Crippen LogP contribution in [0, 0.1) is 11.6 Å². The van der Waals surface area contributed by atoms with E-state index in [2.05, 4.69) is 35.2 Å². The Morgan fingerprint density at radius 3 is 2.06 bits per heavy atom. The third-order valence-electron chi connectivity index (χ3n) is 7.34. The van der Waals surface area contributed by atoms with Gasteiger partial charge in [0.2, 0.25) is 0 Å². The molecule has 0 N–H and O–H groups in total. The van der Waals surface area contributed by atoms with Gasteiger partial charge in [0.15, 0.2) is 0 Å². The van der Waals surface area contributed by atoms with Crippen molar-refractivity contribution in [3.63, 3.8) is 0 Å². The highest BCUT2D eigenvalue weighted by Crippen LogP contribution is 2.51. The molecule has 4 atom stereocenters. The molecule has 2 fully saturated rings. The van der Waals surface area contributed by atoms with E-state index in [1.807, 2.05) is 24.3 Å². The van der Waals surface area contributed by atoms with E-state index in [1.165, 1.54) is 29.5 Å². The average Bonchev–Trinajstić information content (AvgIpc) is 3.07. The smallest absolute Gasteiger partial charge is 0.123 e. The van der Waals surface area contributed by atoms with Gasteiger partial charge < -0.3 is 0 Å². The molecule has 2 aliphatic heterocycles. The maximum absolute atomic E-state index is 13.7. The van der Waals surface area contributed by atoms with Crippen molar-refractivity contribution < 1.29 is 8.78 Å². The van der Waals surface area contributed by atoms with Crippen molar-refractivity contribution in [2.45, 2.75) is 56.0 Å². The van der Waals surface area contributed by atoms with Crippen molar-refractivity contribution in [3.8, 4) is 0 Å². The average molecular weight is 418 g/mol. The highest BCUT2D eigenvalue weighted by atomic mass is 19.1. The van der Waals surface area contributed by atoms with Crippen LogP contribution in [-0.2, 0) is 6.42 Å². The quantitative estimate of drug-likeness (QED) is 0.431. The molecule has 0 aromatic heterocycles. The molecule has 3 heteroatoms. The highest BCUT2D eigenvalue weighted by molar-refractivity contribution is 5.33. The predicted molar refractivity (Wildman–Crippen MR) is 121 cm³/mol. The Morgan fingerprint density at radius 2 is 1.39 bits per heavy atom. The van der Waals surface area contributed by atoms with Gasteiger partial charge in [-0.15, -0.1) is 0 Å². The molecule has 2 saturated heterocycles. The van der Waals surface area contributed by atoms with Gasteiger partial charge in [-0.2, -0.15) is 0 Å². The standard InChI is InChI=1S/C28H29F2N/c29-23-12-8-21(9-13-23)26-19-25-16-17-27(28(26)22-10-14-24(30)15-11-22)31(25)18-4-7-20-5-2-1-3-6-20/h1-3,5-6,8-15,25-28H,4,7,16-19H2/t25-,26+,27?,28?/m1/s1. The minimum atomic E-state index is -0.193. The number of nitrogens with zero attached hydrogens (tertiary/aromatic N) is 1. The second-order valence-electron chi connectivity index (χ2n) is 9.10. The van der Waals surface area contributed by atoms with Crippen LogP contribution in [0.4, 0.5) is 8.78 Å². The zero-order chi connectivity index (χ0) is 21.2. The van der Waals surface area contributed by atoms with Crippen molar-refractivity contribution in [2.24, 2.45) is 0 Å². The molecule has 0 aliphatic carbocycles. The van der Waals surface area contributed by atoms with E-state index in [9.17, 15) is 8.78 Å². The van der Waals surface area contributed by atoms with Crippen molar-refractivity contribution in [1.29, 1.82) is 0 Å². The number of fused-ring (bicyclic) bond motifs is 2. The second kappa shape index (κ2) is 8.92. The fraction of sp³-hybridized carbons (Fsp3) is 0.357. The first-order valence-corrected chi connectivity index (χ1v) is 11.5. The number of halogens is 2. The third-order valence-corrected chi connectivity index (χ3v) is 7.34. The number of hydrogen-bond acceptors (Lipinski definition) is 1. The second-order valence-corrected chi connectivity index (χ2v) is 9.10. The zero-order valence-corrected chi connectivity index (χ0v) is 17.8. The van der Waals surface area contributed by atoms with Crippen LogP contribution in [-0.4, -0.2) is 23.5 Å². The van der Waals surface area contributed by atoms with E-state index >= 15 is 0 Å². The molecule has 0 spiro atoms. The van der Waals surface area contributed by atoms with Crippen LogP contribution in [0.5, 0.6) is 0 Å². The fourth-order valence-corrected chi connectivity index (χ4v) is 5.96. The van der Waals surface area contributed by atoms with E-state index in [0.29, 0.717) is 23.9 Å². The number of piperidine rings is 1. The lowest BCUT2D eigenvalue weighted by Crippen LogP contribution is -2.47. The molecular weight excluding hydrogens is 388 g/mol. The minimum Gasteiger partial charge on any atom is -0.297 e. The molecule has 160 valence electrons. The lowest BCUT2D eigenvalue weighted by molar-refractivity contribution is 0.104. The number of hydrogen-bond donors (Lipinski definition) is 0. The molecule has 0 radical (unpaired) electrons. The van der Waals surface area contributed by atoms with E-state index < -0.39 is 0 Å². The van der Waals surface area contributed by atoms with Gasteiger partial charge in [-0.05, 0) is 85.5 Å². The summed E-state index contributed by atoms with van der Waals surface area (Å²) >= 11 is 0. The number of aryl methyl sites for hydroxylation is 1. The van der Waals surface area contributed by atoms with Gasteiger partial charge in [0.25, 0.3) is 0 Å². The van der Waals surface area contributed by atoms with Gasteiger partial charge in [0.1, 0.15) is 11.6 Å². The first-order chi connectivity index (χ1) is 15.2. The van der Waals surface area contributed by atoms with Crippen molar-refractivity contribution in [1.82, 2.24) is 4.90 Å². The molecule has 2 unspecified atom stereocenters. The summed E-state index contributed by atoms with van der Waals surface area (Å²) in [4.78, 5) is 2.72. The maximum Gasteiger partial charge on any atom is 0.123 e. The van der Waals surface area contributed by atoms with Crippen molar-refractivity contribution in [3.05, 3.63) is 107 Å². The number of rotatable bonds is 6. The molecule has 3 aromatic rings. The fourth-order valence-electron chi connectivity index (χ4n) is 5.96. The molecule has 2 bridgehead atoms. The minimum absolute atomic E-state index is 0.191. The van der Waals surface area contributed by atoms with Crippen LogP contribution >= 0.6 is 0 Å². The summed E-state index contributed by atoms with van der Waals surface area (Å²) in [6, 6.07) is 25.8. The van der Waals surface area contributed by atoms with Crippen LogP contribution in [0.15, 0.2) is 78.9 Å². The molecular formula is C28H29F2N. The number of benzene rings is 3. The Bertz CT molecular complexity index is 984. The summed E-state index contributed by atoms with van der Waals surface area (Å²) in [5.74, 6) is 0.265. The van der Waals surface area contributed by atoms with E-state index in [1.54, 1.807) is 24.3 Å². The van der Waals surface area contributed by atoms with Gasteiger partial charge in [-0.3, -0.25) is 4.90 Å². The van der Waals surface area contributed by atoms with E-state index in [4.69, 9.17) is 0 Å². The van der Waals surface area contributed by atoms with Crippen molar-refractivity contribution >= 4 is 0 Å². The van der Waals surface area contributed by atoms with E-state index in [-0.39, 0.29) is 11.6 Å². The molecule has 0 saturated carbocycles.